The summed E-state index contributed by atoms with van der Waals surface area (Å²) in [5.41, 5.74) is 6.07. The van der Waals surface area contributed by atoms with E-state index in [2.05, 4.69) is 6.58 Å². The molecule has 3 heterocycles. The van der Waals surface area contributed by atoms with Crippen LogP contribution in [0.5, 0.6) is 0 Å². The number of cyclic esters (lactones) is 1. The Morgan fingerprint density at radius 2 is 1.31 bits per heavy atom. The molecule has 0 aliphatic carbocycles. The van der Waals surface area contributed by atoms with Crippen LogP contribution in [0.15, 0.2) is 97.7 Å². The molecule has 3 aliphatic rings. The maximum atomic E-state index is 13.4. The van der Waals surface area contributed by atoms with Crippen LogP contribution in [-0.4, -0.2) is 167 Å². The fraction of sp³-hybridized carbons (Fsp3) is 0.640. The van der Waals surface area contributed by atoms with E-state index in [1.807, 2.05) is 37.3 Å². The molecule has 19 atom stereocenters. The Balaban J connectivity index is 1.91. The highest BCUT2D eigenvalue weighted by atomic mass is 16.7. The summed E-state index contributed by atoms with van der Waals surface area (Å²) in [6, 6.07) is -1.14. The number of allylic oxidation sites excluding steroid dienone is 12. The van der Waals surface area contributed by atoms with Crippen molar-refractivity contribution < 1.29 is 84.3 Å². The lowest BCUT2D eigenvalue weighted by Gasteiger charge is -2.45. The molecule has 384 valence electrons. The van der Waals surface area contributed by atoms with Crippen LogP contribution >= 0.6 is 0 Å². The van der Waals surface area contributed by atoms with Gasteiger partial charge < -0.3 is 80.5 Å². The summed E-state index contributed by atoms with van der Waals surface area (Å²) in [5, 5.41) is 109. The number of aliphatic hydroxyl groups excluding tert-OH is 9. The van der Waals surface area contributed by atoms with Gasteiger partial charge in [0.05, 0.1) is 79.6 Å². The van der Waals surface area contributed by atoms with E-state index < -0.39 is 147 Å². The number of carbonyl (C=O) groups is 2. The average Bonchev–Trinajstić information content (AvgIpc) is 3.26. The van der Waals surface area contributed by atoms with Crippen molar-refractivity contribution in [2.24, 2.45) is 23.5 Å². The van der Waals surface area contributed by atoms with Gasteiger partial charge in [-0.15, -0.1) is 0 Å². The molecule has 0 unspecified atom stereocenters. The zero-order valence-corrected chi connectivity index (χ0v) is 39.5. The van der Waals surface area contributed by atoms with Gasteiger partial charge in [-0.3, -0.25) is 9.59 Å². The lowest BCUT2D eigenvalue weighted by Crippen LogP contribution is -2.61. The molecule has 0 radical (unpaired) electrons. The standard InChI is InChI=1S/C50H77NO17/c1-6-23-64-48(62)43-40(57)29-50(63)28-36(54)25-39(56)38(55)22-21-34(52)24-35(53)26-42(58)65-32(4)31(3)45(59)30(2)19-17-15-13-11-9-7-8-10-12-14-16-18-20-37(27-41(43)68-50)67-49-47(61)44(51)46(60)33(5)66-49/h6-20,30-41,43-47,49,52-57,59-61,63H,1,21-29,51H2,2-5H3/b8-7+,11-9+,12-10+,15-13+,16-14+,19-17+,20-18+/t30-,31-,32-,33+,34+,35+,36-,37-,38+,39+,40-,41-,43+,44-,45+,46+,47+,49-,50+/m0/s1. The number of carbonyl (C=O) groups excluding carboxylic acids is 2. The second-order valence-corrected chi connectivity index (χ2v) is 18.1. The summed E-state index contributed by atoms with van der Waals surface area (Å²) < 4.78 is 28.8. The van der Waals surface area contributed by atoms with Crippen LogP contribution < -0.4 is 5.73 Å². The minimum Gasteiger partial charge on any atom is -0.462 e. The quantitative estimate of drug-likeness (QED) is 0.137. The van der Waals surface area contributed by atoms with Crippen molar-refractivity contribution in [3.63, 3.8) is 0 Å². The zero-order chi connectivity index (χ0) is 50.6. The molecule has 0 aromatic heterocycles. The summed E-state index contributed by atoms with van der Waals surface area (Å²) >= 11 is 0. The molecule has 18 heteroatoms. The highest BCUT2D eigenvalue weighted by molar-refractivity contribution is 5.74. The molecule has 3 aliphatic heterocycles. The highest BCUT2D eigenvalue weighted by Crippen LogP contribution is 2.38. The number of esters is 2. The van der Waals surface area contributed by atoms with E-state index in [0.29, 0.717) is 0 Å². The Hall–Kier alpha value is -3.70. The fourth-order valence-electron chi connectivity index (χ4n) is 8.19. The Morgan fingerprint density at radius 3 is 1.91 bits per heavy atom. The highest BCUT2D eigenvalue weighted by Gasteiger charge is 2.51. The van der Waals surface area contributed by atoms with Crippen molar-refractivity contribution in [3.8, 4) is 0 Å². The molecule has 12 N–H and O–H groups in total. The van der Waals surface area contributed by atoms with Crippen molar-refractivity contribution in [2.75, 3.05) is 6.61 Å². The van der Waals surface area contributed by atoms with Gasteiger partial charge >= 0.3 is 11.9 Å². The molecule has 0 amide bonds. The Morgan fingerprint density at radius 1 is 0.721 bits per heavy atom. The molecule has 3 rings (SSSR count). The third-order valence-corrected chi connectivity index (χ3v) is 12.4. The smallest absolute Gasteiger partial charge is 0.314 e. The van der Waals surface area contributed by atoms with E-state index in [9.17, 15) is 60.7 Å². The summed E-state index contributed by atoms with van der Waals surface area (Å²) in [7, 11) is 0. The predicted molar refractivity (Wildman–Crippen MR) is 251 cm³/mol. The van der Waals surface area contributed by atoms with E-state index >= 15 is 0 Å². The predicted octanol–water partition coefficient (Wildman–Crippen LogP) is 1.36. The summed E-state index contributed by atoms with van der Waals surface area (Å²) in [5.74, 6) is -6.03. The van der Waals surface area contributed by atoms with Gasteiger partial charge in [-0.05, 0) is 33.1 Å². The number of nitrogens with two attached hydrogens (primary N) is 1. The van der Waals surface area contributed by atoms with E-state index in [1.165, 1.54) is 6.08 Å². The molecule has 0 aromatic carbocycles. The zero-order valence-electron chi connectivity index (χ0n) is 39.5. The second-order valence-electron chi connectivity index (χ2n) is 18.1. The van der Waals surface area contributed by atoms with Gasteiger partial charge in [-0.1, -0.05) is 112 Å². The van der Waals surface area contributed by atoms with Crippen molar-refractivity contribution in [3.05, 3.63) is 97.7 Å². The maximum Gasteiger partial charge on any atom is 0.314 e. The normalized spacial score (nSPS) is 43.9. The van der Waals surface area contributed by atoms with Gasteiger partial charge in [-0.2, -0.15) is 0 Å². The number of hydrogen-bond donors (Lipinski definition) is 11. The molecule has 0 aromatic rings. The van der Waals surface area contributed by atoms with Crippen molar-refractivity contribution in [1.82, 2.24) is 0 Å². The van der Waals surface area contributed by atoms with Crippen LogP contribution in [0, 0.1) is 17.8 Å². The number of hydrogen-bond acceptors (Lipinski definition) is 18. The molecule has 2 saturated heterocycles. The van der Waals surface area contributed by atoms with Crippen LogP contribution in [0.25, 0.3) is 0 Å². The Bertz CT molecular complexity index is 1750. The number of fused-ring (bicyclic) bond motifs is 2. The first-order chi connectivity index (χ1) is 32.2. The molecule has 18 nitrogen and oxygen atoms in total. The van der Waals surface area contributed by atoms with Gasteiger partial charge in [0.1, 0.15) is 24.7 Å². The Labute approximate surface area is 399 Å². The van der Waals surface area contributed by atoms with Gasteiger partial charge in [0, 0.05) is 37.5 Å². The van der Waals surface area contributed by atoms with Crippen LogP contribution in [0.3, 0.4) is 0 Å². The van der Waals surface area contributed by atoms with E-state index in [0.717, 1.165) is 0 Å². The van der Waals surface area contributed by atoms with E-state index in [4.69, 9.17) is 29.4 Å². The first kappa shape index (κ1) is 58.6. The third-order valence-electron chi connectivity index (χ3n) is 12.4. The largest absolute Gasteiger partial charge is 0.462 e. The van der Waals surface area contributed by atoms with Crippen LogP contribution in [0.2, 0.25) is 0 Å². The molecular weight excluding hydrogens is 887 g/mol. The molecule has 0 spiro atoms. The number of rotatable bonds is 5. The van der Waals surface area contributed by atoms with Gasteiger partial charge in [0.2, 0.25) is 0 Å². The van der Waals surface area contributed by atoms with Crippen molar-refractivity contribution in [2.45, 2.75) is 177 Å². The lowest BCUT2D eigenvalue weighted by atomic mass is 9.82. The molecule has 2 fully saturated rings. The average molecular weight is 964 g/mol. The summed E-state index contributed by atoms with van der Waals surface area (Å²) in [6.45, 7) is 10.1. The number of aliphatic hydroxyl groups is 10. The van der Waals surface area contributed by atoms with E-state index in [-0.39, 0.29) is 38.2 Å². The third kappa shape index (κ3) is 19.6. The van der Waals surface area contributed by atoms with Crippen molar-refractivity contribution in [1.29, 1.82) is 0 Å². The summed E-state index contributed by atoms with van der Waals surface area (Å²) in [4.78, 5) is 26.1. The molecule has 68 heavy (non-hydrogen) atoms. The Kier molecular flexibility index (Phi) is 25.4. The van der Waals surface area contributed by atoms with Gasteiger partial charge in [-0.25, -0.2) is 0 Å². The monoisotopic (exact) mass is 964 g/mol. The summed E-state index contributed by atoms with van der Waals surface area (Å²) in [6.07, 6.45) is 5.55. The minimum atomic E-state index is -2.29. The van der Waals surface area contributed by atoms with Crippen LogP contribution in [0.4, 0.5) is 0 Å². The van der Waals surface area contributed by atoms with E-state index in [1.54, 1.807) is 75.5 Å². The van der Waals surface area contributed by atoms with Crippen molar-refractivity contribution >= 4 is 11.9 Å². The fourth-order valence-corrected chi connectivity index (χ4v) is 8.19. The topological polar surface area (TPSA) is 309 Å². The number of ether oxygens (including phenoxy) is 5. The van der Waals surface area contributed by atoms with Gasteiger partial charge in [0.15, 0.2) is 12.1 Å². The first-order valence-corrected chi connectivity index (χ1v) is 23.4. The lowest BCUT2D eigenvalue weighted by molar-refractivity contribution is -0.309. The first-order valence-electron chi connectivity index (χ1n) is 23.4. The maximum absolute atomic E-state index is 13.4. The van der Waals surface area contributed by atoms with Crippen LogP contribution in [-0.2, 0) is 33.3 Å². The van der Waals surface area contributed by atoms with Crippen LogP contribution in [0.1, 0.15) is 79.1 Å². The van der Waals surface area contributed by atoms with Gasteiger partial charge in [0.25, 0.3) is 0 Å². The molecule has 0 saturated carbocycles. The second kappa shape index (κ2) is 29.5. The molecular formula is C50H77NO17. The molecule has 2 bridgehead atoms. The SMILES string of the molecule is C=CCOC(=O)[C@H]1[C@@H]2C[C@@H](O[C@@H]3O[C@H](C)[C@@H](O)[C@H](N)[C@H]3O)/C=C/C=C/C=C/C=C/C=C/C=C/C=C/[C@H](C)[C@@H](O)[C@@H](C)[C@H](C)OC(=O)C[C@H](O)C[C@H](O)CC[C@@H](O)[C@H](O)C[C@H](O)C[C@](O)(C[C@@H]1O)O2. The minimum absolute atomic E-state index is 0.100.